The molecule has 0 saturated carbocycles. The minimum Gasteiger partial charge on any atom is -0.497 e. The molecule has 3 rings (SSSR count). The highest BCUT2D eigenvalue weighted by molar-refractivity contribution is 6.01. The Morgan fingerprint density at radius 1 is 1.19 bits per heavy atom. The molecule has 3 atom stereocenters. The number of fused-ring (bicyclic) bond motifs is 1. The molecule has 27 heavy (non-hydrogen) atoms. The summed E-state index contributed by atoms with van der Waals surface area (Å²) in [5, 5.41) is 10.1. The van der Waals surface area contributed by atoms with E-state index in [1.807, 2.05) is 24.3 Å². The fourth-order valence-corrected chi connectivity index (χ4v) is 4.47. The Morgan fingerprint density at radius 3 is 2.44 bits per heavy atom. The molecular formula is C21H29NO5. The van der Waals surface area contributed by atoms with E-state index in [0.29, 0.717) is 6.42 Å². The summed E-state index contributed by atoms with van der Waals surface area (Å²) in [4.78, 5) is 27.2. The Kier molecular flexibility index (Phi) is 5.47. The van der Waals surface area contributed by atoms with E-state index in [1.54, 1.807) is 14.0 Å². The lowest BCUT2D eigenvalue weighted by molar-refractivity contribution is -0.240. The van der Waals surface area contributed by atoms with Crippen molar-refractivity contribution in [2.24, 2.45) is 5.92 Å². The lowest BCUT2D eigenvalue weighted by Gasteiger charge is -2.53. The van der Waals surface area contributed by atoms with Crippen LogP contribution in [0.3, 0.4) is 0 Å². The van der Waals surface area contributed by atoms with Gasteiger partial charge in [-0.2, -0.15) is 0 Å². The van der Waals surface area contributed by atoms with Crippen LogP contribution in [-0.2, 0) is 20.9 Å². The molecule has 6 heteroatoms. The molecule has 1 aromatic rings. The second-order valence-electron chi connectivity index (χ2n) is 7.69. The zero-order valence-electron chi connectivity index (χ0n) is 16.4. The summed E-state index contributed by atoms with van der Waals surface area (Å²) in [6.45, 7) is 3.78. The van der Waals surface area contributed by atoms with Gasteiger partial charge >= 0.3 is 5.97 Å². The number of amides is 1. The van der Waals surface area contributed by atoms with Crippen molar-refractivity contribution in [2.75, 3.05) is 13.7 Å². The van der Waals surface area contributed by atoms with Crippen LogP contribution in [0.25, 0.3) is 0 Å². The van der Waals surface area contributed by atoms with Crippen molar-refractivity contribution in [3.8, 4) is 5.75 Å². The van der Waals surface area contributed by atoms with Crippen LogP contribution in [0.5, 0.6) is 5.75 Å². The molecule has 148 valence electrons. The molecule has 1 aromatic carbocycles. The summed E-state index contributed by atoms with van der Waals surface area (Å²) in [5.74, 6) is -0.294. The highest BCUT2D eigenvalue weighted by Crippen LogP contribution is 2.55. The number of aliphatic hydroxyl groups excluding tert-OH is 1. The average Bonchev–Trinajstić information content (AvgIpc) is 2.80. The van der Waals surface area contributed by atoms with Gasteiger partial charge in [-0.15, -0.1) is 0 Å². The monoisotopic (exact) mass is 375 g/mol. The molecule has 2 fully saturated rings. The number of rotatable bonds is 9. The van der Waals surface area contributed by atoms with E-state index < -0.39 is 29.6 Å². The van der Waals surface area contributed by atoms with Crippen LogP contribution in [0, 0.1) is 5.92 Å². The average molecular weight is 375 g/mol. The molecule has 0 spiro atoms. The first-order valence-corrected chi connectivity index (χ1v) is 9.73. The Balaban J connectivity index is 1.84. The van der Waals surface area contributed by atoms with E-state index in [2.05, 4.69) is 6.92 Å². The first-order chi connectivity index (χ1) is 12.9. The molecule has 0 unspecified atom stereocenters. The molecule has 1 amide bonds. The molecule has 6 nitrogen and oxygen atoms in total. The molecule has 2 aliphatic heterocycles. The van der Waals surface area contributed by atoms with Crippen molar-refractivity contribution in [1.82, 2.24) is 4.90 Å². The van der Waals surface area contributed by atoms with Crippen LogP contribution in [-0.4, -0.2) is 46.7 Å². The molecule has 0 aromatic heterocycles. The lowest BCUT2D eigenvalue weighted by atomic mass is 9.70. The molecule has 1 N–H and O–H groups in total. The zero-order chi connectivity index (χ0) is 19.7. The first kappa shape index (κ1) is 19.7. The predicted octanol–water partition coefficient (Wildman–Crippen LogP) is 2.67. The number of nitrogens with zero attached hydrogens (tertiary/aromatic N) is 1. The summed E-state index contributed by atoms with van der Waals surface area (Å²) in [7, 11) is 1.60. The number of benzene rings is 1. The molecule has 2 heterocycles. The quantitative estimate of drug-likeness (QED) is 0.530. The van der Waals surface area contributed by atoms with Gasteiger partial charge in [0.15, 0.2) is 5.60 Å². The Bertz CT molecular complexity index is 703. The highest BCUT2D eigenvalue weighted by atomic mass is 16.6. The van der Waals surface area contributed by atoms with Gasteiger partial charge in [0.2, 0.25) is 11.4 Å². The molecule has 0 radical (unpaired) electrons. The zero-order valence-corrected chi connectivity index (χ0v) is 16.4. The maximum atomic E-state index is 13.2. The highest BCUT2D eigenvalue weighted by Gasteiger charge is 2.79. The second kappa shape index (κ2) is 7.50. The molecular weight excluding hydrogens is 346 g/mol. The Labute approximate surface area is 160 Å². The van der Waals surface area contributed by atoms with E-state index in [9.17, 15) is 14.7 Å². The Hall–Kier alpha value is -2.08. The number of likely N-dealkylation sites (tertiary alicyclic amines) is 1. The number of unbranched alkanes of at least 4 members (excludes halogenated alkanes) is 3. The summed E-state index contributed by atoms with van der Waals surface area (Å²) < 4.78 is 10.7. The minimum atomic E-state index is -1.28. The van der Waals surface area contributed by atoms with Gasteiger partial charge in [0, 0.05) is 6.54 Å². The van der Waals surface area contributed by atoms with Gasteiger partial charge in [-0.1, -0.05) is 44.7 Å². The molecule has 2 aliphatic rings. The van der Waals surface area contributed by atoms with Crippen LogP contribution in [0.4, 0.5) is 0 Å². The fourth-order valence-electron chi connectivity index (χ4n) is 4.47. The van der Waals surface area contributed by atoms with Crippen LogP contribution in [0.2, 0.25) is 0 Å². The van der Waals surface area contributed by atoms with E-state index in [0.717, 1.165) is 37.0 Å². The summed E-state index contributed by atoms with van der Waals surface area (Å²) >= 11 is 0. The van der Waals surface area contributed by atoms with Crippen molar-refractivity contribution in [2.45, 2.75) is 63.6 Å². The predicted molar refractivity (Wildman–Crippen MR) is 100 cm³/mol. The number of hydrogen-bond donors (Lipinski definition) is 1. The topological polar surface area (TPSA) is 76.1 Å². The summed E-state index contributed by atoms with van der Waals surface area (Å²) in [6.07, 6.45) is 4.88. The molecule has 2 saturated heterocycles. The van der Waals surface area contributed by atoms with Crippen molar-refractivity contribution >= 4 is 11.9 Å². The SMILES string of the molecule is CCCCCC[C@H]1C(=O)N(Cc2ccc(OC)cc2)[C@@]2(CO)C(=O)O[C@@]12C. The van der Waals surface area contributed by atoms with E-state index in [4.69, 9.17) is 9.47 Å². The van der Waals surface area contributed by atoms with Gasteiger partial charge < -0.3 is 19.5 Å². The number of methoxy groups -OCH3 is 1. The second-order valence-corrected chi connectivity index (χ2v) is 7.69. The summed E-state index contributed by atoms with van der Waals surface area (Å²) in [5.41, 5.74) is -1.36. The van der Waals surface area contributed by atoms with Crippen LogP contribution in [0.1, 0.15) is 51.5 Å². The molecule has 0 aliphatic carbocycles. The minimum absolute atomic E-state index is 0.107. The fraction of sp³-hybridized carbons (Fsp3) is 0.619. The van der Waals surface area contributed by atoms with E-state index >= 15 is 0 Å². The van der Waals surface area contributed by atoms with Gasteiger partial charge in [-0.05, 0) is 31.0 Å². The smallest absolute Gasteiger partial charge is 0.339 e. The maximum Gasteiger partial charge on any atom is 0.339 e. The van der Waals surface area contributed by atoms with E-state index in [1.165, 1.54) is 4.90 Å². The lowest BCUT2D eigenvalue weighted by Crippen LogP contribution is -2.76. The normalized spacial score (nSPS) is 29.3. The third-order valence-electron chi connectivity index (χ3n) is 6.23. The summed E-state index contributed by atoms with van der Waals surface area (Å²) in [6, 6.07) is 7.38. The van der Waals surface area contributed by atoms with Crippen LogP contribution < -0.4 is 4.74 Å². The largest absolute Gasteiger partial charge is 0.497 e. The van der Waals surface area contributed by atoms with Gasteiger partial charge in [0.25, 0.3) is 0 Å². The van der Waals surface area contributed by atoms with E-state index in [-0.39, 0.29) is 12.5 Å². The van der Waals surface area contributed by atoms with Gasteiger partial charge in [0.05, 0.1) is 19.6 Å². The molecule has 0 bridgehead atoms. The Morgan fingerprint density at radius 2 is 1.89 bits per heavy atom. The first-order valence-electron chi connectivity index (χ1n) is 9.73. The maximum absolute atomic E-state index is 13.2. The van der Waals surface area contributed by atoms with Crippen molar-refractivity contribution in [3.63, 3.8) is 0 Å². The standard InChI is InChI=1S/C21H29NO5/c1-4-5-6-7-8-17-18(24)22(13-15-9-11-16(26-3)12-10-15)21(14-23)19(25)27-20(17,21)2/h9-12,17,23H,4-8,13-14H2,1-3H3/t17-,20-,21-/m0/s1. The van der Waals surface area contributed by atoms with Crippen LogP contribution >= 0.6 is 0 Å². The number of ether oxygens (including phenoxy) is 2. The van der Waals surface area contributed by atoms with Gasteiger partial charge in [-0.25, -0.2) is 4.79 Å². The van der Waals surface area contributed by atoms with Crippen molar-refractivity contribution in [3.05, 3.63) is 29.8 Å². The van der Waals surface area contributed by atoms with Gasteiger partial charge in [0.1, 0.15) is 5.75 Å². The van der Waals surface area contributed by atoms with Crippen molar-refractivity contribution in [1.29, 1.82) is 0 Å². The number of carbonyl (C=O) groups excluding carboxylic acids is 2. The number of carbonyl (C=O) groups is 2. The number of esters is 1. The van der Waals surface area contributed by atoms with Crippen molar-refractivity contribution < 1.29 is 24.2 Å². The number of aliphatic hydroxyl groups is 1. The number of hydrogen-bond acceptors (Lipinski definition) is 5. The van der Waals surface area contributed by atoms with Crippen LogP contribution in [0.15, 0.2) is 24.3 Å². The van der Waals surface area contributed by atoms with Gasteiger partial charge in [-0.3, -0.25) is 4.79 Å². The third kappa shape index (κ3) is 2.90. The third-order valence-corrected chi connectivity index (χ3v) is 6.23.